The van der Waals surface area contributed by atoms with Gasteiger partial charge in [-0.2, -0.15) is 0 Å². The van der Waals surface area contributed by atoms with Crippen LogP contribution in [0, 0.1) is 0 Å². The maximum absolute atomic E-state index is 12.5. The fraction of sp³-hybridized carbons (Fsp3) is 0. The number of para-hydroxylation sites is 1. The van der Waals surface area contributed by atoms with Crippen LogP contribution in [0.3, 0.4) is 0 Å². The lowest BCUT2D eigenvalue weighted by Gasteiger charge is -2.14. The highest BCUT2D eigenvalue weighted by atomic mass is 35.5. The average Bonchev–Trinajstić information content (AvgIpc) is 2.50. The molecule has 0 bridgehead atoms. The van der Waals surface area contributed by atoms with Crippen LogP contribution in [0.25, 0.3) is 0 Å². The van der Waals surface area contributed by atoms with Gasteiger partial charge in [0.1, 0.15) is 0 Å². The van der Waals surface area contributed by atoms with Gasteiger partial charge in [-0.1, -0.05) is 70.1 Å². The zero-order valence-corrected chi connectivity index (χ0v) is 14.7. The van der Waals surface area contributed by atoms with E-state index in [1.165, 1.54) is 6.07 Å². The van der Waals surface area contributed by atoms with E-state index in [0.29, 0.717) is 0 Å². The fourth-order valence-electron chi connectivity index (χ4n) is 1.79. The Labute approximate surface area is 155 Å². The minimum atomic E-state index is -1.47. The molecule has 0 saturated carbocycles. The molecule has 2 aromatic carbocycles. The smallest absolute Gasteiger partial charge is 0.338 e. The molecule has 0 aromatic heterocycles. The number of carboxylic acid groups (broad SMARTS) is 1. The van der Waals surface area contributed by atoms with Crippen molar-refractivity contribution in [3.8, 4) is 0 Å². The van der Waals surface area contributed by atoms with Crippen molar-refractivity contribution in [3.05, 3.63) is 60.5 Å². The second kappa shape index (κ2) is 7.16. The van der Waals surface area contributed by atoms with Crippen molar-refractivity contribution in [2.75, 3.05) is 5.32 Å². The summed E-state index contributed by atoms with van der Waals surface area (Å²) in [4.78, 5) is 23.9. The quantitative estimate of drug-likeness (QED) is 0.486. The van der Waals surface area contributed by atoms with Crippen molar-refractivity contribution in [1.82, 2.24) is 0 Å². The first kappa shape index (κ1) is 18.2. The van der Waals surface area contributed by atoms with Crippen LogP contribution in [-0.4, -0.2) is 17.0 Å². The minimum absolute atomic E-state index is 0.215. The number of hydrogen-bond acceptors (Lipinski definition) is 2. The number of rotatable bonds is 3. The normalized spacial score (nSPS) is 10.5. The Hall–Kier alpha value is -1.17. The number of halogens is 5. The van der Waals surface area contributed by atoms with Gasteiger partial charge in [0, 0.05) is 0 Å². The zero-order valence-electron chi connectivity index (χ0n) is 11.0. The van der Waals surface area contributed by atoms with Crippen LogP contribution in [-0.2, 0) is 0 Å². The highest BCUT2D eigenvalue weighted by Crippen LogP contribution is 2.42. The number of nitrogens with one attached hydrogen (secondary N) is 1. The second-order valence-electron chi connectivity index (χ2n) is 4.25. The molecule has 0 radical (unpaired) electrons. The molecule has 2 rings (SSSR count). The molecule has 2 N–H and O–H groups in total. The Kier molecular flexibility index (Phi) is 5.65. The molecule has 0 aliphatic carbocycles. The highest BCUT2D eigenvalue weighted by Gasteiger charge is 2.29. The van der Waals surface area contributed by atoms with E-state index in [9.17, 15) is 14.7 Å². The molecule has 1 amide bonds. The molecule has 0 heterocycles. The van der Waals surface area contributed by atoms with Crippen molar-refractivity contribution >= 4 is 75.6 Å². The van der Waals surface area contributed by atoms with Gasteiger partial charge in [0.05, 0.1) is 41.9 Å². The molecule has 2 aromatic rings. The van der Waals surface area contributed by atoms with Crippen molar-refractivity contribution < 1.29 is 14.7 Å². The average molecular weight is 413 g/mol. The lowest BCUT2D eigenvalue weighted by atomic mass is 10.1. The minimum Gasteiger partial charge on any atom is -0.478 e. The second-order valence-corrected chi connectivity index (χ2v) is 6.16. The van der Waals surface area contributed by atoms with Crippen LogP contribution in [0.1, 0.15) is 20.7 Å². The van der Waals surface area contributed by atoms with Crippen LogP contribution in [0.15, 0.2) is 24.3 Å². The summed E-state index contributed by atoms with van der Waals surface area (Å²) in [7, 11) is 0. The van der Waals surface area contributed by atoms with E-state index >= 15 is 0 Å². The summed E-state index contributed by atoms with van der Waals surface area (Å²) < 4.78 is 0. The van der Waals surface area contributed by atoms with Gasteiger partial charge in [0.2, 0.25) is 0 Å². The van der Waals surface area contributed by atoms with Crippen LogP contribution in [0.4, 0.5) is 5.69 Å². The Morgan fingerprint density at radius 3 is 1.87 bits per heavy atom. The standard InChI is InChI=1S/C14H6Cl5NO3/c15-5-3-1-2-4-6(5)20-13(21)7-8(14(22)23)10(17)12(19)11(18)9(7)16/h1-4H,(H,20,21)(H,22,23). The highest BCUT2D eigenvalue weighted by molar-refractivity contribution is 6.54. The fourth-order valence-corrected chi connectivity index (χ4v) is 3.00. The Balaban J connectivity index is 2.61. The Bertz CT molecular complexity index is 823. The molecular weight excluding hydrogens is 407 g/mol. The van der Waals surface area contributed by atoms with Gasteiger partial charge in [-0.25, -0.2) is 4.79 Å². The van der Waals surface area contributed by atoms with Gasteiger partial charge in [-0.3, -0.25) is 4.79 Å². The summed E-state index contributed by atoms with van der Waals surface area (Å²) in [6, 6.07) is 6.40. The van der Waals surface area contributed by atoms with Crippen LogP contribution in [0.5, 0.6) is 0 Å². The van der Waals surface area contributed by atoms with Gasteiger partial charge >= 0.3 is 5.97 Å². The first-order valence-corrected chi connectivity index (χ1v) is 7.79. The SMILES string of the molecule is O=C(O)c1c(Cl)c(Cl)c(Cl)c(Cl)c1C(=O)Nc1ccccc1Cl. The number of carbonyl (C=O) groups excluding carboxylic acids is 1. The number of anilines is 1. The third-order valence-corrected chi connectivity index (χ3v) is 4.96. The molecule has 4 nitrogen and oxygen atoms in total. The predicted molar refractivity (Wildman–Crippen MR) is 92.8 cm³/mol. The van der Waals surface area contributed by atoms with Crippen LogP contribution < -0.4 is 5.32 Å². The predicted octanol–water partition coefficient (Wildman–Crippen LogP) is 5.90. The maximum atomic E-state index is 12.5. The number of amides is 1. The van der Waals surface area contributed by atoms with Crippen LogP contribution >= 0.6 is 58.0 Å². The van der Waals surface area contributed by atoms with Crippen molar-refractivity contribution in [2.24, 2.45) is 0 Å². The Morgan fingerprint density at radius 1 is 0.826 bits per heavy atom. The van der Waals surface area contributed by atoms with Crippen molar-refractivity contribution in [2.45, 2.75) is 0 Å². The van der Waals surface area contributed by atoms with Gasteiger partial charge in [-0.05, 0) is 12.1 Å². The third kappa shape index (κ3) is 3.52. The van der Waals surface area contributed by atoms with E-state index in [2.05, 4.69) is 5.32 Å². The first-order chi connectivity index (χ1) is 10.8. The van der Waals surface area contributed by atoms with Gasteiger partial charge in [-0.15, -0.1) is 0 Å². The van der Waals surface area contributed by atoms with Crippen LogP contribution in [0.2, 0.25) is 25.1 Å². The monoisotopic (exact) mass is 411 g/mol. The topological polar surface area (TPSA) is 66.4 Å². The van der Waals surface area contributed by atoms with E-state index in [0.717, 1.165) is 0 Å². The summed E-state index contributed by atoms with van der Waals surface area (Å²) in [5.74, 6) is -2.30. The van der Waals surface area contributed by atoms with Crippen molar-refractivity contribution in [1.29, 1.82) is 0 Å². The van der Waals surface area contributed by atoms with Gasteiger partial charge < -0.3 is 10.4 Å². The van der Waals surface area contributed by atoms with E-state index in [1.807, 2.05) is 0 Å². The molecule has 0 fully saturated rings. The first-order valence-electron chi connectivity index (χ1n) is 5.90. The van der Waals surface area contributed by atoms with Gasteiger partial charge in [0.15, 0.2) is 0 Å². The molecule has 9 heteroatoms. The van der Waals surface area contributed by atoms with Gasteiger partial charge in [0.25, 0.3) is 5.91 Å². The lowest BCUT2D eigenvalue weighted by Crippen LogP contribution is -2.18. The van der Waals surface area contributed by atoms with E-state index < -0.39 is 23.0 Å². The molecule has 120 valence electrons. The molecule has 0 aliphatic rings. The summed E-state index contributed by atoms with van der Waals surface area (Å²) >= 11 is 29.5. The van der Waals surface area contributed by atoms with Crippen molar-refractivity contribution in [3.63, 3.8) is 0 Å². The lowest BCUT2D eigenvalue weighted by molar-refractivity contribution is 0.0692. The maximum Gasteiger partial charge on any atom is 0.338 e. The third-order valence-electron chi connectivity index (χ3n) is 2.83. The largest absolute Gasteiger partial charge is 0.478 e. The van der Waals surface area contributed by atoms with E-state index in [-0.39, 0.29) is 30.8 Å². The summed E-state index contributed by atoms with van der Waals surface area (Å²) in [6.45, 7) is 0. The zero-order chi connectivity index (χ0) is 17.3. The molecule has 0 unspecified atom stereocenters. The molecule has 0 atom stereocenters. The molecule has 0 saturated heterocycles. The summed E-state index contributed by atoms with van der Waals surface area (Å²) in [5, 5.41) is 10.9. The van der Waals surface area contributed by atoms with E-state index in [4.69, 9.17) is 58.0 Å². The number of carbonyl (C=O) groups is 2. The number of benzene rings is 2. The summed E-state index contributed by atoms with van der Waals surface area (Å²) in [6.07, 6.45) is 0. The van der Waals surface area contributed by atoms with E-state index in [1.54, 1.807) is 18.2 Å². The number of hydrogen-bond donors (Lipinski definition) is 2. The molecule has 0 spiro atoms. The molecule has 23 heavy (non-hydrogen) atoms. The molecule has 0 aliphatic heterocycles. The number of aromatic carboxylic acids is 1. The molecular formula is C14H6Cl5NO3. The Morgan fingerprint density at radius 2 is 1.35 bits per heavy atom. The number of carboxylic acids is 1. The summed E-state index contributed by atoms with van der Waals surface area (Å²) in [5.41, 5.74) is -0.678.